The molecule has 0 bridgehead atoms. The number of benzene rings is 2. The third-order valence-corrected chi connectivity index (χ3v) is 3.11. The second-order valence-electron chi connectivity index (χ2n) is 5.16. The number of rotatable bonds is 5. The zero-order valence-corrected chi connectivity index (χ0v) is 12.6. The minimum atomic E-state index is -0.351. The molecule has 2 aromatic carbocycles. The van der Waals surface area contributed by atoms with E-state index in [4.69, 9.17) is 4.74 Å². The quantitative estimate of drug-likeness (QED) is 0.800. The molecule has 0 spiro atoms. The molecular weight excluding hydrogens is 281 g/mol. The lowest BCUT2D eigenvalue weighted by Gasteiger charge is -2.14. The Labute approximate surface area is 129 Å². The lowest BCUT2D eigenvalue weighted by Crippen LogP contribution is -2.07. The summed E-state index contributed by atoms with van der Waals surface area (Å²) in [6, 6.07) is 11.4. The first-order valence-electron chi connectivity index (χ1n) is 7.00. The maximum atomic E-state index is 13.5. The summed E-state index contributed by atoms with van der Waals surface area (Å²) in [4.78, 5) is 11.3. The fourth-order valence-electron chi connectivity index (χ4n) is 2.03. The summed E-state index contributed by atoms with van der Waals surface area (Å²) < 4.78 is 19.3. The van der Waals surface area contributed by atoms with Crippen LogP contribution >= 0.6 is 0 Å². The normalized spacial score (nSPS) is 10.4. The molecule has 0 saturated heterocycles. The highest BCUT2D eigenvalue weighted by Crippen LogP contribution is 2.32. The van der Waals surface area contributed by atoms with Crippen LogP contribution in [0, 0.1) is 5.82 Å². The summed E-state index contributed by atoms with van der Waals surface area (Å²) in [5.74, 6) is 0.553. The van der Waals surface area contributed by atoms with Crippen molar-refractivity contribution in [2.45, 2.75) is 19.8 Å². The molecule has 114 valence electrons. The summed E-state index contributed by atoms with van der Waals surface area (Å²) in [7, 11) is 0. The fourth-order valence-corrected chi connectivity index (χ4v) is 2.03. The first-order chi connectivity index (χ1) is 10.5. The van der Waals surface area contributed by atoms with E-state index in [2.05, 4.69) is 11.9 Å². The van der Waals surface area contributed by atoms with Gasteiger partial charge in [-0.25, -0.2) is 4.39 Å². The standard InChI is InChI=1S/C18H18FNO2/c1-4-18(21)20-14-6-5-7-15(11-14)22-17-10-13(19)8-9-16(17)12(2)3/h4-12H,1H2,2-3H3,(H,20,21). The van der Waals surface area contributed by atoms with E-state index < -0.39 is 0 Å². The molecule has 0 aliphatic rings. The van der Waals surface area contributed by atoms with Crippen LogP contribution in [-0.2, 0) is 4.79 Å². The van der Waals surface area contributed by atoms with Crippen LogP contribution in [0.15, 0.2) is 55.1 Å². The van der Waals surface area contributed by atoms with Crippen molar-refractivity contribution in [1.82, 2.24) is 0 Å². The zero-order valence-electron chi connectivity index (χ0n) is 12.6. The van der Waals surface area contributed by atoms with Crippen molar-refractivity contribution in [2.75, 3.05) is 5.32 Å². The predicted octanol–water partition coefficient (Wildman–Crippen LogP) is 4.87. The molecule has 0 saturated carbocycles. The highest BCUT2D eigenvalue weighted by molar-refractivity contribution is 5.98. The topological polar surface area (TPSA) is 38.3 Å². The van der Waals surface area contributed by atoms with Crippen molar-refractivity contribution >= 4 is 11.6 Å². The van der Waals surface area contributed by atoms with Crippen molar-refractivity contribution < 1.29 is 13.9 Å². The van der Waals surface area contributed by atoms with Gasteiger partial charge in [0.25, 0.3) is 0 Å². The lowest BCUT2D eigenvalue weighted by molar-refractivity contribution is -0.111. The Hall–Kier alpha value is -2.62. The molecule has 0 radical (unpaired) electrons. The van der Waals surface area contributed by atoms with E-state index in [1.165, 1.54) is 18.2 Å². The molecule has 22 heavy (non-hydrogen) atoms. The third kappa shape index (κ3) is 3.95. The van der Waals surface area contributed by atoms with Crippen LogP contribution in [0.25, 0.3) is 0 Å². The van der Waals surface area contributed by atoms with Gasteiger partial charge < -0.3 is 10.1 Å². The summed E-state index contributed by atoms with van der Waals surface area (Å²) in [5, 5.41) is 2.66. The van der Waals surface area contributed by atoms with Crippen LogP contribution in [-0.4, -0.2) is 5.91 Å². The van der Waals surface area contributed by atoms with Crippen LogP contribution < -0.4 is 10.1 Å². The van der Waals surface area contributed by atoms with Crippen molar-refractivity contribution in [2.24, 2.45) is 0 Å². The van der Waals surface area contributed by atoms with Crippen molar-refractivity contribution in [3.05, 3.63) is 66.5 Å². The van der Waals surface area contributed by atoms with Gasteiger partial charge >= 0.3 is 0 Å². The van der Waals surface area contributed by atoms with Gasteiger partial charge in [0.1, 0.15) is 17.3 Å². The van der Waals surface area contributed by atoms with Crippen LogP contribution in [0.5, 0.6) is 11.5 Å². The molecule has 3 nitrogen and oxygen atoms in total. The predicted molar refractivity (Wildman–Crippen MR) is 85.8 cm³/mol. The number of anilines is 1. The first-order valence-corrected chi connectivity index (χ1v) is 7.00. The SMILES string of the molecule is C=CC(=O)Nc1cccc(Oc2cc(F)ccc2C(C)C)c1. The second kappa shape index (κ2) is 6.89. The molecule has 1 amide bonds. The summed E-state index contributed by atoms with van der Waals surface area (Å²) in [6.45, 7) is 7.43. The molecular formula is C18H18FNO2. The number of halogens is 1. The average molecular weight is 299 g/mol. The maximum absolute atomic E-state index is 13.5. The van der Waals surface area contributed by atoms with Crippen LogP contribution in [0.1, 0.15) is 25.3 Å². The number of ether oxygens (including phenoxy) is 1. The van der Waals surface area contributed by atoms with Gasteiger partial charge in [-0.3, -0.25) is 4.79 Å². The molecule has 1 N–H and O–H groups in total. The Morgan fingerprint density at radius 3 is 2.73 bits per heavy atom. The Bertz CT molecular complexity index is 695. The first kappa shape index (κ1) is 15.8. The van der Waals surface area contributed by atoms with Crippen LogP contribution in [0.2, 0.25) is 0 Å². The summed E-state index contributed by atoms with van der Waals surface area (Å²) >= 11 is 0. The van der Waals surface area contributed by atoms with Crippen molar-refractivity contribution in [3.63, 3.8) is 0 Å². The molecule has 4 heteroatoms. The van der Waals surface area contributed by atoms with Gasteiger partial charge in [0, 0.05) is 17.8 Å². The smallest absolute Gasteiger partial charge is 0.247 e. The minimum absolute atomic E-state index is 0.208. The van der Waals surface area contributed by atoms with E-state index >= 15 is 0 Å². The second-order valence-corrected chi connectivity index (χ2v) is 5.16. The number of carbonyl (C=O) groups is 1. The molecule has 2 aromatic rings. The number of carbonyl (C=O) groups excluding carboxylic acids is 1. The van der Waals surface area contributed by atoms with E-state index in [-0.39, 0.29) is 17.6 Å². The van der Waals surface area contributed by atoms with Gasteiger partial charge in [-0.05, 0) is 35.8 Å². The molecule has 0 unspecified atom stereocenters. The molecule has 0 atom stereocenters. The van der Waals surface area contributed by atoms with E-state index in [1.54, 1.807) is 30.3 Å². The Morgan fingerprint density at radius 2 is 2.05 bits per heavy atom. The largest absolute Gasteiger partial charge is 0.457 e. The van der Waals surface area contributed by atoms with Crippen LogP contribution in [0.3, 0.4) is 0 Å². The highest BCUT2D eigenvalue weighted by atomic mass is 19.1. The molecule has 0 heterocycles. The molecule has 0 aliphatic heterocycles. The fraction of sp³-hybridized carbons (Fsp3) is 0.167. The number of amides is 1. The van der Waals surface area contributed by atoms with E-state index in [0.717, 1.165) is 5.56 Å². The number of hydrogen-bond acceptors (Lipinski definition) is 2. The summed E-state index contributed by atoms with van der Waals surface area (Å²) in [6.07, 6.45) is 1.19. The Kier molecular flexibility index (Phi) is 4.94. The maximum Gasteiger partial charge on any atom is 0.247 e. The molecule has 0 aromatic heterocycles. The molecule has 0 fully saturated rings. The zero-order chi connectivity index (χ0) is 16.1. The van der Waals surface area contributed by atoms with Gasteiger partial charge in [0.2, 0.25) is 5.91 Å². The van der Waals surface area contributed by atoms with Gasteiger partial charge in [-0.1, -0.05) is 32.6 Å². The van der Waals surface area contributed by atoms with E-state index in [1.807, 2.05) is 13.8 Å². The van der Waals surface area contributed by atoms with E-state index in [0.29, 0.717) is 17.2 Å². The van der Waals surface area contributed by atoms with Gasteiger partial charge in [0.05, 0.1) is 0 Å². The number of hydrogen-bond donors (Lipinski definition) is 1. The minimum Gasteiger partial charge on any atom is -0.457 e. The lowest BCUT2D eigenvalue weighted by atomic mass is 10.0. The monoisotopic (exact) mass is 299 g/mol. The molecule has 2 rings (SSSR count). The highest BCUT2D eigenvalue weighted by Gasteiger charge is 2.10. The Balaban J connectivity index is 2.27. The van der Waals surface area contributed by atoms with Crippen molar-refractivity contribution in [3.8, 4) is 11.5 Å². The van der Waals surface area contributed by atoms with Crippen molar-refractivity contribution in [1.29, 1.82) is 0 Å². The van der Waals surface area contributed by atoms with Crippen LogP contribution in [0.4, 0.5) is 10.1 Å². The van der Waals surface area contributed by atoms with Gasteiger partial charge in [-0.2, -0.15) is 0 Å². The third-order valence-electron chi connectivity index (χ3n) is 3.11. The van der Waals surface area contributed by atoms with Gasteiger partial charge in [0.15, 0.2) is 0 Å². The number of nitrogens with one attached hydrogen (secondary N) is 1. The van der Waals surface area contributed by atoms with Gasteiger partial charge in [-0.15, -0.1) is 0 Å². The Morgan fingerprint density at radius 1 is 1.27 bits per heavy atom. The molecule has 0 aliphatic carbocycles. The van der Waals surface area contributed by atoms with E-state index in [9.17, 15) is 9.18 Å². The average Bonchev–Trinajstić information content (AvgIpc) is 2.47. The summed E-state index contributed by atoms with van der Waals surface area (Å²) in [5.41, 5.74) is 1.51.